The molecule has 1 aromatic heterocycles. The topological polar surface area (TPSA) is 94.9 Å². The van der Waals surface area contributed by atoms with Crippen LogP contribution < -0.4 is 20.5 Å². The maximum atomic E-state index is 12.9. The number of carbonyl (C=O) groups is 1. The van der Waals surface area contributed by atoms with Gasteiger partial charge in [-0.05, 0) is 44.2 Å². The lowest BCUT2D eigenvalue weighted by molar-refractivity contribution is -0.113. The summed E-state index contributed by atoms with van der Waals surface area (Å²) in [5.41, 5.74) is 2.58. The Morgan fingerprint density at radius 3 is 2.71 bits per heavy atom. The Hall–Kier alpha value is -2.56. The van der Waals surface area contributed by atoms with Crippen molar-refractivity contribution in [1.29, 1.82) is 0 Å². The highest BCUT2D eigenvalue weighted by molar-refractivity contribution is 8.00. The van der Waals surface area contributed by atoms with Crippen molar-refractivity contribution in [1.82, 2.24) is 14.5 Å². The van der Waals surface area contributed by atoms with Crippen molar-refractivity contribution in [2.75, 3.05) is 58.1 Å². The number of amides is 1. The van der Waals surface area contributed by atoms with E-state index in [1.807, 2.05) is 4.57 Å². The van der Waals surface area contributed by atoms with Crippen LogP contribution >= 0.6 is 11.8 Å². The van der Waals surface area contributed by atoms with E-state index in [4.69, 9.17) is 14.2 Å². The molecule has 4 rings (SSSR count). The zero-order valence-electron chi connectivity index (χ0n) is 20.5. The Morgan fingerprint density at radius 1 is 1.14 bits per heavy atom. The fraction of sp³-hybridized carbons (Fsp3) is 0.560. The summed E-state index contributed by atoms with van der Waals surface area (Å²) in [5.74, 6) is 1.16. The number of carbonyl (C=O) groups excluding carboxylic acids is 1. The van der Waals surface area contributed by atoms with Gasteiger partial charge >= 0.3 is 5.69 Å². The third-order valence-corrected chi connectivity index (χ3v) is 7.45. The van der Waals surface area contributed by atoms with Gasteiger partial charge in [0.05, 0.1) is 38.9 Å². The molecule has 10 heteroatoms. The number of ether oxygens (including phenoxy) is 3. The number of morpholine rings is 1. The number of methoxy groups -OCH3 is 2. The number of hydrogen-bond acceptors (Lipinski definition) is 8. The predicted octanol–water partition coefficient (Wildman–Crippen LogP) is 2.59. The lowest BCUT2D eigenvalue weighted by atomic mass is 9.97. The zero-order chi connectivity index (χ0) is 24.6. The zero-order valence-corrected chi connectivity index (χ0v) is 21.3. The minimum Gasteiger partial charge on any atom is -0.497 e. The van der Waals surface area contributed by atoms with Crippen molar-refractivity contribution >= 4 is 23.4 Å². The van der Waals surface area contributed by atoms with Gasteiger partial charge < -0.3 is 19.5 Å². The fourth-order valence-electron chi connectivity index (χ4n) is 4.60. The van der Waals surface area contributed by atoms with Gasteiger partial charge in [0, 0.05) is 43.5 Å². The van der Waals surface area contributed by atoms with Crippen LogP contribution in [0.4, 0.5) is 5.69 Å². The third kappa shape index (κ3) is 6.56. The van der Waals surface area contributed by atoms with E-state index < -0.39 is 0 Å². The van der Waals surface area contributed by atoms with Crippen molar-refractivity contribution in [3.8, 4) is 11.5 Å². The molecular formula is C25H34N4O5S. The Bertz CT molecular complexity index is 1080. The highest BCUT2D eigenvalue weighted by Gasteiger charge is 2.21. The molecule has 1 amide bonds. The number of nitrogens with zero attached hydrogens (tertiary/aromatic N) is 3. The van der Waals surface area contributed by atoms with E-state index in [-0.39, 0.29) is 17.3 Å². The van der Waals surface area contributed by atoms with E-state index in [1.165, 1.54) is 11.8 Å². The van der Waals surface area contributed by atoms with Crippen LogP contribution in [0, 0.1) is 0 Å². The summed E-state index contributed by atoms with van der Waals surface area (Å²) < 4.78 is 17.8. The van der Waals surface area contributed by atoms with Gasteiger partial charge in [-0.2, -0.15) is 4.98 Å². The average molecular weight is 503 g/mol. The lowest BCUT2D eigenvalue weighted by Gasteiger charge is -2.27. The Kier molecular flexibility index (Phi) is 9.06. The fourth-order valence-corrected chi connectivity index (χ4v) is 5.47. The number of hydrogen-bond donors (Lipinski definition) is 1. The third-order valence-electron chi connectivity index (χ3n) is 6.43. The van der Waals surface area contributed by atoms with E-state index in [0.29, 0.717) is 28.8 Å². The number of anilines is 1. The second-order valence-corrected chi connectivity index (χ2v) is 9.66. The molecule has 2 heterocycles. The molecule has 0 saturated carbocycles. The van der Waals surface area contributed by atoms with Gasteiger partial charge in [-0.15, -0.1) is 0 Å². The molecule has 0 atom stereocenters. The monoisotopic (exact) mass is 502 g/mol. The molecule has 1 aliphatic carbocycles. The molecule has 35 heavy (non-hydrogen) atoms. The molecular weight excluding hydrogens is 468 g/mol. The lowest BCUT2D eigenvalue weighted by Crippen LogP contribution is -2.38. The van der Waals surface area contributed by atoms with E-state index in [1.54, 1.807) is 32.4 Å². The molecule has 1 aliphatic heterocycles. The van der Waals surface area contributed by atoms with Crippen molar-refractivity contribution in [3.63, 3.8) is 0 Å². The van der Waals surface area contributed by atoms with Crippen LogP contribution in [0.2, 0.25) is 0 Å². The first-order valence-electron chi connectivity index (χ1n) is 12.2. The summed E-state index contributed by atoms with van der Waals surface area (Å²) in [5, 5.41) is 3.57. The van der Waals surface area contributed by atoms with E-state index in [0.717, 1.165) is 76.2 Å². The van der Waals surface area contributed by atoms with Gasteiger partial charge in [-0.1, -0.05) is 11.8 Å². The average Bonchev–Trinajstić information content (AvgIpc) is 2.89. The van der Waals surface area contributed by atoms with Gasteiger partial charge in [0.25, 0.3) is 0 Å². The second kappa shape index (κ2) is 12.4. The van der Waals surface area contributed by atoms with Crippen LogP contribution in [-0.2, 0) is 28.9 Å². The molecule has 0 spiro atoms. The van der Waals surface area contributed by atoms with Gasteiger partial charge in [0.2, 0.25) is 5.91 Å². The molecule has 9 nitrogen and oxygen atoms in total. The van der Waals surface area contributed by atoms with Gasteiger partial charge in [0.1, 0.15) is 16.5 Å². The molecule has 1 aromatic carbocycles. The summed E-state index contributed by atoms with van der Waals surface area (Å²) in [6.45, 7) is 5.09. The van der Waals surface area contributed by atoms with Crippen molar-refractivity contribution < 1.29 is 19.0 Å². The Balaban J connectivity index is 1.41. The summed E-state index contributed by atoms with van der Waals surface area (Å²) in [6, 6.07) is 5.24. The van der Waals surface area contributed by atoms with Crippen LogP contribution in [0.1, 0.15) is 30.5 Å². The molecule has 0 radical (unpaired) electrons. The second-order valence-electron chi connectivity index (χ2n) is 8.69. The van der Waals surface area contributed by atoms with Gasteiger partial charge in [-0.3, -0.25) is 14.3 Å². The number of fused-ring (bicyclic) bond motifs is 1. The molecule has 1 saturated heterocycles. The maximum absolute atomic E-state index is 12.9. The van der Waals surface area contributed by atoms with Crippen molar-refractivity contribution in [2.24, 2.45) is 0 Å². The van der Waals surface area contributed by atoms with E-state index >= 15 is 0 Å². The standard InChI is InChI=1S/C25H34N4O5S/c1-32-18-8-9-20(22(16-18)33-2)26-23(30)17-35-24-19-6-3-4-7-21(19)29(25(31)27-24)11-5-10-28-12-14-34-15-13-28/h8-9,16H,3-7,10-15,17H2,1-2H3,(H,26,30). The normalized spacial score (nSPS) is 15.9. The van der Waals surface area contributed by atoms with Crippen LogP contribution in [-0.4, -0.2) is 73.2 Å². The summed E-state index contributed by atoms with van der Waals surface area (Å²) >= 11 is 1.33. The van der Waals surface area contributed by atoms with Crippen molar-refractivity contribution in [2.45, 2.75) is 43.7 Å². The highest BCUT2D eigenvalue weighted by Crippen LogP contribution is 2.31. The first kappa shape index (κ1) is 25.5. The summed E-state index contributed by atoms with van der Waals surface area (Å²) in [7, 11) is 3.13. The number of nitrogens with one attached hydrogen (secondary N) is 1. The molecule has 1 N–H and O–H groups in total. The summed E-state index contributed by atoms with van der Waals surface area (Å²) in [6.07, 6.45) is 4.83. The number of aromatic nitrogens is 2. The predicted molar refractivity (Wildman–Crippen MR) is 136 cm³/mol. The van der Waals surface area contributed by atoms with Gasteiger partial charge in [-0.25, -0.2) is 4.79 Å². The van der Waals surface area contributed by atoms with Crippen LogP contribution in [0.15, 0.2) is 28.0 Å². The number of thioether (sulfide) groups is 1. The molecule has 1 fully saturated rings. The Labute approximate surface area is 210 Å². The summed E-state index contributed by atoms with van der Waals surface area (Å²) in [4.78, 5) is 32.4. The first-order valence-corrected chi connectivity index (χ1v) is 13.1. The molecule has 0 bridgehead atoms. The molecule has 190 valence electrons. The van der Waals surface area contributed by atoms with Crippen LogP contribution in [0.25, 0.3) is 0 Å². The minimum atomic E-state index is -0.215. The SMILES string of the molecule is COc1ccc(NC(=O)CSc2nc(=O)n(CCCN3CCOCC3)c3c2CCCC3)c(OC)c1. The highest BCUT2D eigenvalue weighted by atomic mass is 32.2. The molecule has 0 unspecified atom stereocenters. The van der Waals surface area contributed by atoms with Gasteiger partial charge in [0.15, 0.2) is 0 Å². The molecule has 2 aliphatic rings. The smallest absolute Gasteiger partial charge is 0.348 e. The maximum Gasteiger partial charge on any atom is 0.348 e. The van der Waals surface area contributed by atoms with Crippen LogP contribution in [0.5, 0.6) is 11.5 Å². The largest absolute Gasteiger partial charge is 0.497 e. The minimum absolute atomic E-state index is 0.162. The quantitative estimate of drug-likeness (QED) is 0.391. The van der Waals surface area contributed by atoms with Crippen molar-refractivity contribution in [3.05, 3.63) is 39.9 Å². The number of rotatable bonds is 10. The van der Waals surface area contributed by atoms with E-state index in [2.05, 4.69) is 15.2 Å². The Morgan fingerprint density at radius 2 is 1.94 bits per heavy atom. The van der Waals surface area contributed by atoms with Crippen LogP contribution in [0.3, 0.4) is 0 Å². The molecule has 2 aromatic rings. The first-order chi connectivity index (χ1) is 17.1. The number of benzene rings is 1. The van der Waals surface area contributed by atoms with E-state index in [9.17, 15) is 9.59 Å².